The molecule has 0 aliphatic heterocycles. The third kappa shape index (κ3) is 6.06. The van der Waals surface area contributed by atoms with E-state index >= 15 is 0 Å². The van der Waals surface area contributed by atoms with Crippen LogP contribution in [0, 0.1) is 0 Å². The van der Waals surface area contributed by atoms with Crippen molar-refractivity contribution in [3.8, 4) is 5.75 Å². The molecule has 0 aromatic heterocycles. The molecule has 0 fully saturated rings. The number of hydrogen-bond donors (Lipinski definition) is 1. The molecule has 4 nitrogen and oxygen atoms in total. The predicted molar refractivity (Wildman–Crippen MR) is 89.5 cm³/mol. The number of nitrogens with zero attached hydrogens (tertiary/aromatic N) is 1. The third-order valence-corrected chi connectivity index (χ3v) is 3.85. The van der Waals surface area contributed by atoms with E-state index in [2.05, 4.69) is 35.1 Å². The summed E-state index contributed by atoms with van der Waals surface area (Å²) >= 11 is 3.49. The molecular formula is C16H25BrN2O2. The van der Waals surface area contributed by atoms with E-state index in [1.54, 1.807) is 11.9 Å². The van der Waals surface area contributed by atoms with Gasteiger partial charge in [0.05, 0.1) is 4.47 Å². The van der Waals surface area contributed by atoms with Gasteiger partial charge in [0.15, 0.2) is 6.61 Å². The van der Waals surface area contributed by atoms with Crippen LogP contribution in [0.5, 0.6) is 5.75 Å². The monoisotopic (exact) mass is 356 g/mol. The Morgan fingerprint density at radius 3 is 2.52 bits per heavy atom. The lowest BCUT2D eigenvalue weighted by molar-refractivity contribution is -0.133. The molecule has 0 saturated heterocycles. The number of hydrogen-bond acceptors (Lipinski definition) is 3. The van der Waals surface area contributed by atoms with Crippen LogP contribution in [0.1, 0.15) is 33.3 Å². The molecule has 21 heavy (non-hydrogen) atoms. The maximum atomic E-state index is 11.9. The molecule has 0 aliphatic carbocycles. The van der Waals surface area contributed by atoms with Gasteiger partial charge in [-0.15, -0.1) is 0 Å². The van der Waals surface area contributed by atoms with Crippen LogP contribution < -0.4 is 10.1 Å². The fourth-order valence-corrected chi connectivity index (χ4v) is 2.16. The number of halogens is 1. The zero-order valence-corrected chi connectivity index (χ0v) is 15.0. The minimum Gasteiger partial charge on any atom is -0.483 e. The SMILES string of the molecule is CC(C)NCc1ccc(OCC(=O)N(C)C(C)C)c(Br)c1. The van der Waals surface area contributed by atoms with E-state index in [0.29, 0.717) is 11.8 Å². The summed E-state index contributed by atoms with van der Waals surface area (Å²) < 4.78 is 6.46. The van der Waals surface area contributed by atoms with Crippen LogP contribution in [-0.2, 0) is 11.3 Å². The molecule has 5 heteroatoms. The maximum absolute atomic E-state index is 11.9. The summed E-state index contributed by atoms with van der Waals surface area (Å²) in [5.74, 6) is 0.663. The van der Waals surface area contributed by atoms with E-state index in [1.165, 1.54) is 5.56 Å². The lowest BCUT2D eigenvalue weighted by atomic mass is 10.2. The summed E-state index contributed by atoms with van der Waals surface area (Å²) in [5, 5.41) is 3.36. The molecule has 1 amide bonds. The van der Waals surface area contributed by atoms with Crippen molar-refractivity contribution < 1.29 is 9.53 Å². The second-order valence-corrected chi connectivity index (χ2v) is 6.54. The highest BCUT2D eigenvalue weighted by molar-refractivity contribution is 9.10. The Morgan fingerprint density at radius 1 is 1.33 bits per heavy atom. The van der Waals surface area contributed by atoms with Crippen molar-refractivity contribution in [2.45, 2.75) is 46.3 Å². The van der Waals surface area contributed by atoms with E-state index in [4.69, 9.17) is 4.74 Å². The summed E-state index contributed by atoms with van der Waals surface area (Å²) in [6.07, 6.45) is 0. The number of carbonyl (C=O) groups excluding carboxylic acids is 1. The summed E-state index contributed by atoms with van der Waals surface area (Å²) in [5.41, 5.74) is 1.17. The van der Waals surface area contributed by atoms with Crippen LogP contribution in [-0.4, -0.2) is 36.5 Å². The standard InChI is InChI=1S/C16H25BrN2O2/c1-11(2)18-9-13-6-7-15(14(17)8-13)21-10-16(20)19(5)12(3)4/h6-8,11-12,18H,9-10H2,1-5H3. The molecule has 0 aliphatic rings. The van der Waals surface area contributed by atoms with Crippen LogP contribution in [0.4, 0.5) is 0 Å². The average molecular weight is 357 g/mol. The molecule has 0 atom stereocenters. The summed E-state index contributed by atoms with van der Waals surface area (Å²) in [6, 6.07) is 6.54. The van der Waals surface area contributed by atoms with Gasteiger partial charge in [-0.25, -0.2) is 0 Å². The fourth-order valence-electron chi connectivity index (χ4n) is 1.62. The molecular weight excluding hydrogens is 332 g/mol. The highest BCUT2D eigenvalue weighted by Gasteiger charge is 2.13. The number of nitrogens with one attached hydrogen (secondary N) is 1. The Hall–Kier alpha value is -1.07. The third-order valence-electron chi connectivity index (χ3n) is 3.23. The van der Waals surface area contributed by atoms with E-state index in [9.17, 15) is 4.79 Å². The van der Waals surface area contributed by atoms with Crippen molar-refractivity contribution in [3.05, 3.63) is 28.2 Å². The van der Waals surface area contributed by atoms with Gasteiger partial charge in [-0.3, -0.25) is 4.79 Å². The van der Waals surface area contributed by atoms with E-state index < -0.39 is 0 Å². The number of benzene rings is 1. The zero-order valence-electron chi connectivity index (χ0n) is 13.4. The molecule has 0 bridgehead atoms. The average Bonchev–Trinajstić information content (AvgIpc) is 2.42. The summed E-state index contributed by atoms with van der Waals surface area (Å²) in [6.45, 7) is 9.05. The Balaban J connectivity index is 2.58. The van der Waals surface area contributed by atoms with Crippen LogP contribution >= 0.6 is 15.9 Å². The van der Waals surface area contributed by atoms with Crippen LogP contribution in [0.15, 0.2) is 22.7 Å². The lowest BCUT2D eigenvalue weighted by Gasteiger charge is -2.21. The highest BCUT2D eigenvalue weighted by atomic mass is 79.9. The van der Waals surface area contributed by atoms with Gasteiger partial charge in [0.2, 0.25) is 0 Å². The van der Waals surface area contributed by atoms with Crippen molar-refractivity contribution in [2.24, 2.45) is 0 Å². The largest absolute Gasteiger partial charge is 0.483 e. The second-order valence-electron chi connectivity index (χ2n) is 5.69. The van der Waals surface area contributed by atoms with Crippen LogP contribution in [0.3, 0.4) is 0 Å². The maximum Gasteiger partial charge on any atom is 0.260 e. The Kier molecular flexibility index (Phi) is 7.18. The van der Waals surface area contributed by atoms with Gasteiger partial charge in [0, 0.05) is 25.7 Å². The molecule has 118 valence electrons. The lowest BCUT2D eigenvalue weighted by Crippen LogP contribution is -2.36. The molecule has 0 spiro atoms. The number of amides is 1. The second kappa shape index (κ2) is 8.39. The van der Waals surface area contributed by atoms with Crippen molar-refractivity contribution in [1.82, 2.24) is 10.2 Å². The normalized spacial score (nSPS) is 11.0. The van der Waals surface area contributed by atoms with Gasteiger partial charge in [-0.2, -0.15) is 0 Å². The molecule has 1 N–H and O–H groups in total. The molecule has 1 rings (SSSR count). The first-order chi connectivity index (χ1) is 9.81. The Labute approximate surface area is 136 Å². The molecule has 0 heterocycles. The first kappa shape index (κ1) is 18.0. The van der Waals surface area contributed by atoms with E-state index in [1.807, 2.05) is 32.0 Å². The molecule has 0 unspecified atom stereocenters. The molecule has 1 aromatic carbocycles. The fraction of sp³-hybridized carbons (Fsp3) is 0.562. The number of carbonyl (C=O) groups is 1. The Morgan fingerprint density at radius 2 is 2.00 bits per heavy atom. The summed E-state index contributed by atoms with van der Waals surface area (Å²) in [7, 11) is 1.78. The number of rotatable bonds is 7. The van der Waals surface area contributed by atoms with Gasteiger partial charge in [-0.05, 0) is 47.5 Å². The zero-order chi connectivity index (χ0) is 16.0. The predicted octanol–water partition coefficient (Wildman–Crippen LogP) is 3.19. The van der Waals surface area contributed by atoms with Crippen LogP contribution in [0.2, 0.25) is 0 Å². The smallest absolute Gasteiger partial charge is 0.260 e. The van der Waals surface area contributed by atoms with Crippen molar-refractivity contribution in [2.75, 3.05) is 13.7 Å². The van der Waals surface area contributed by atoms with Crippen molar-refractivity contribution >= 4 is 21.8 Å². The molecule has 0 radical (unpaired) electrons. The van der Waals surface area contributed by atoms with Gasteiger partial charge >= 0.3 is 0 Å². The van der Waals surface area contributed by atoms with E-state index in [0.717, 1.165) is 11.0 Å². The van der Waals surface area contributed by atoms with Crippen molar-refractivity contribution in [1.29, 1.82) is 0 Å². The summed E-state index contributed by atoms with van der Waals surface area (Å²) in [4.78, 5) is 13.6. The van der Waals surface area contributed by atoms with Crippen molar-refractivity contribution in [3.63, 3.8) is 0 Å². The van der Waals surface area contributed by atoms with Gasteiger partial charge in [0.25, 0.3) is 5.91 Å². The number of likely N-dealkylation sites (N-methyl/N-ethyl adjacent to an activating group) is 1. The van der Waals surface area contributed by atoms with E-state index in [-0.39, 0.29) is 18.6 Å². The number of ether oxygens (including phenoxy) is 1. The topological polar surface area (TPSA) is 41.6 Å². The molecule has 1 aromatic rings. The van der Waals surface area contributed by atoms with Crippen LogP contribution in [0.25, 0.3) is 0 Å². The minimum atomic E-state index is -0.0255. The molecule has 0 saturated carbocycles. The highest BCUT2D eigenvalue weighted by Crippen LogP contribution is 2.26. The Bertz CT molecular complexity index is 475. The van der Waals surface area contributed by atoms with Gasteiger partial charge in [-0.1, -0.05) is 19.9 Å². The van der Waals surface area contributed by atoms with Gasteiger partial charge in [0.1, 0.15) is 5.75 Å². The first-order valence-corrected chi connectivity index (χ1v) is 8.00. The minimum absolute atomic E-state index is 0.0255. The quantitative estimate of drug-likeness (QED) is 0.815. The van der Waals surface area contributed by atoms with Gasteiger partial charge < -0.3 is 15.0 Å². The first-order valence-electron chi connectivity index (χ1n) is 7.21.